The van der Waals surface area contributed by atoms with Crippen LogP contribution in [-0.2, 0) is 11.2 Å². The number of nitrogens with zero attached hydrogens (tertiary/aromatic N) is 1. The van der Waals surface area contributed by atoms with E-state index in [-0.39, 0.29) is 12.5 Å². The lowest BCUT2D eigenvalue weighted by Crippen LogP contribution is -2.37. The number of rotatable bonds is 2. The minimum absolute atomic E-state index is 0.0263. The van der Waals surface area contributed by atoms with Crippen LogP contribution in [0, 0.1) is 5.92 Å². The van der Waals surface area contributed by atoms with Crippen molar-refractivity contribution in [2.24, 2.45) is 5.92 Å². The number of benzene rings is 1. The first kappa shape index (κ1) is 12.3. The van der Waals surface area contributed by atoms with E-state index < -0.39 is 0 Å². The highest BCUT2D eigenvalue weighted by atomic mass is 16.3. The van der Waals surface area contributed by atoms with Crippen molar-refractivity contribution in [1.82, 2.24) is 0 Å². The molecule has 0 aromatic heterocycles. The van der Waals surface area contributed by atoms with E-state index in [1.54, 1.807) is 0 Å². The fourth-order valence-corrected chi connectivity index (χ4v) is 2.99. The number of nitrogens with two attached hydrogens (primary N) is 1. The lowest BCUT2D eigenvalue weighted by atomic mass is 9.98. The van der Waals surface area contributed by atoms with Gasteiger partial charge in [0.1, 0.15) is 0 Å². The van der Waals surface area contributed by atoms with Crippen molar-refractivity contribution in [3.63, 3.8) is 0 Å². The molecule has 102 valence electrons. The van der Waals surface area contributed by atoms with Crippen LogP contribution in [0.15, 0.2) is 12.1 Å². The Labute approximate surface area is 112 Å². The van der Waals surface area contributed by atoms with Gasteiger partial charge in [-0.3, -0.25) is 4.79 Å². The lowest BCUT2D eigenvalue weighted by Gasteiger charge is -2.34. The molecule has 3 rings (SSSR count). The largest absolute Gasteiger partial charge is 0.397 e. The molecule has 2 aliphatic heterocycles. The highest BCUT2D eigenvalue weighted by Gasteiger charge is 2.24. The van der Waals surface area contributed by atoms with Crippen LogP contribution in [0.25, 0.3) is 0 Å². The summed E-state index contributed by atoms with van der Waals surface area (Å²) in [4.78, 5) is 13.6. The normalized spacial score (nSPS) is 22.3. The number of anilines is 3. The maximum Gasteiger partial charge on any atom is 0.228 e. The Kier molecular flexibility index (Phi) is 3.06. The van der Waals surface area contributed by atoms with Gasteiger partial charge in [0, 0.05) is 25.4 Å². The molecule has 1 saturated heterocycles. The van der Waals surface area contributed by atoms with Crippen LogP contribution >= 0.6 is 0 Å². The minimum atomic E-state index is 0.0263. The van der Waals surface area contributed by atoms with Crippen LogP contribution in [0.5, 0.6) is 0 Å². The summed E-state index contributed by atoms with van der Waals surface area (Å²) >= 11 is 0. The van der Waals surface area contributed by atoms with E-state index in [0.717, 1.165) is 42.9 Å². The number of nitrogen functional groups attached to an aromatic ring is 1. The maximum atomic E-state index is 11.4. The summed E-state index contributed by atoms with van der Waals surface area (Å²) in [5.74, 6) is 0.342. The third kappa shape index (κ3) is 2.26. The molecule has 0 bridgehead atoms. The lowest BCUT2D eigenvalue weighted by molar-refractivity contribution is -0.115. The predicted octanol–water partition coefficient (Wildman–Crippen LogP) is 0.972. The first-order chi connectivity index (χ1) is 9.17. The van der Waals surface area contributed by atoms with Gasteiger partial charge in [-0.15, -0.1) is 0 Å². The highest BCUT2D eigenvalue weighted by molar-refractivity contribution is 6.00. The SMILES string of the molecule is Nc1cc2c(cc1N1CCCC(CO)C1)NC(=O)C2. The van der Waals surface area contributed by atoms with Crippen LogP contribution in [0.4, 0.5) is 17.1 Å². The van der Waals surface area contributed by atoms with Crippen LogP contribution < -0.4 is 16.0 Å². The van der Waals surface area contributed by atoms with Crippen LogP contribution in [0.1, 0.15) is 18.4 Å². The van der Waals surface area contributed by atoms with E-state index in [4.69, 9.17) is 5.73 Å². The van der Waals surface area contributed by atoms with Crippen molar-refractivity contribution in [2.45, 2.75) is 19.3 Å². The predicted molar refractivity (Wildman–Crippen MR) is 75.2 cm³/mol. The van der Waals surface area contributed by atoms with Gasteiger partial charge in [0.15, 0.2) is 0 Å². The Morgan fingerprint density at radius 2 is 2.32 bits per heavy atom. The number of amides is 1. The number of aliphatic hydroxyl groups excluding tert-OH is 1. The van der Waals surface area contributed by atoms with Crippen molar-refractivity contribution in [1.29, 1.82) is 0 Å². The van der Waals surface area contributed by atoms with E-state index in [0.29, 0.717) is 18.0 Å². The molecule has 0 aliphatic carbocycles. The molecule has 5 heteroatoms. The average Bonchev–Trinajstić information content (AvgIpc) is 2.77. The second-order valence-corrected chi connectivity index (χ2v) is 5.43. The zero-order chi connectivity index (χ0) is 13.4. The average molecular weight is 261 g/mol. The Balaban J connectivity index is 1.89. The fourth-order valence-electron chi connectivity index (χ4n) is 2.99. The second-order valence-electron chi connectivity index (χ2n) is 5.43. The molecule has 4 N–H and O–H groups in total. The van der Waals surface area contributed by atoms with Gasteiger partial charge in [0.25, 0.3) is 0 Å². The smallest absolute Gasteiger partial charge is 0.228 e. The molecule has 19 heavy (non-hydrogen) atoms. The quantitative estimate of drug-likeness (QED) is 0.693. The number of hydrogen-bond acceptors (Lipinski definition) is 4. The van der Waals surface area contributed by atoms with Gasteiger partial charge in [-0.05, 0) is 36.5 Å². The summed E-state index contributed by atoms with van der Waals surface area (Å²) in [6.07, 6.45) is 2.54. The van der Waals surface area contributed by atoms with Crippen molar-refractivity contribution in [3.05, 3.63) is 17.7 Å². The van der Waals surface area contributed by atoms with Gasteiger partial charge in [-0.2, -0.15) is 0 Å². The number of aliphatic hydroxyl groups is 1. The third-order valence-corrected chi connectivity index (χ3v) is 4.00. The number of carbonyl (C=O) groups is 1. The number of hydrogen-bond donors (Lipinski definition) is 3. The summed E-state index contributed by atoms with van der Waals surface area (Å²) in [5, 5.41) is 12.2. The molecule has 0 radical (unpaired) electrons. The first-order valence-corrected chi connectivity index (χ1v) is 6.75. The molecule has 1 fully saturated rings. The van der Waals surface area contributed by atoms with Crippen LogP contribution in [-0.4, -0.2) is 30.7 Å². The number of nitrogens with one attached hydrogen (secondary N) is 1. The molecule has 5 nitrogen and oxygen atoms in total. The molecule has 1 amide bonds. The van der Waals surface area contributed by atoms with Crippen molar-refractivity contribution < 1.29 is 9.90 Å². The third-order valence-electron chi connectivity index (χ3n) is 4.00. The zero-order valence-electron chi connectivity index (χ0n) is 10.9. The molecule has 2 aliphatic rings. The second kappa shape index (κ2) is 4.74. The fraction of sp³-hybridized carbons (Fsp3) is 0.500. The highest BCUT2D eigenvalue weighted by Crippen LogP contribution is 2.35. The van der Waals surface area contributed by atoms with E-state index in [2.05, 4.69) is 10.2 Å². The Bertz CT molecular complexity index is 516. The number of carbonyl (C=O) groups excluding carboxylic acids is 1. The molecular weight excluding hydrogens is 242 g/mol. The van der Waals surface area contributed by atoms with E-state index in [1.807, 2.05) is 12.1 Å². The van der Waals surface area contributed by atoms with Crippen molar-refractivity contribution in [2.75, 3.05) is 35.6 Å². The summed E-state index contributed by atoms with van der Waals surface area (Å²) in [6.45, 7) is 2.00. The first-order valence-electron chi connectivity index (χ1n) is 6.75. The summed E-state index contributed by atoms with van der Waals surface area (Å²) in [5.41, 5.74) is 9.65. The van der Waals surface area contributed by atoms with Gasteiger partial charge in [-0.1, -0.05) is 0 Å². The molecular formula is C14H19N3O2. The molecule has 1 aromatic rings. The standard InChI is InChI=1S/C14H19N3O2/c15-11-4-10-5-14(19)16-12(10)6-13(11)17-3-1-2-9(7-17)8-18/h4,6,9,18H,1-3,5,7-8,15H2,(H,16,19). The zero-order valence-corrected chi connectivity index (χ0v) is 10.9. The maximum absolute atomic E-state index is 11.4. The molecule has 1 aromatic carbocycles. The summed E-state index contributed by atoms with van der Waals surface area (Å²) in [6, 6.07) is 3.86. The van der Waals surface area contributed by atoms with Crippen LogP contribution in [0.3, 0.4) is 0 Å². The monoisotopic (exact) mass is 261 g/mol. The Hall–Kier alpha value is -1.75. The molecule has 0 spiro atoms. The molecule has 1 unspecified atom stereocenters. The number of piperidine rings is 1. The van der Waals surface area contributed by atoms with Gasteiger partial charge in [-0.25, -0.2) is 0 Å². The van der Waals surface area contributed by atoms with E-state index >= 15 is 0 Å². The van der Waals surface area contributed by atoms with Crippen molar-refractivity contribution in [3.8, 4) is 0 Å². The van der Waals surface area contributed by atoms with Gasteiger partial charge < -0.3 is 21.1 Å². The number of fused-ring (bicyclic) bond motifs is 1. The summed E-state index contributed by atoms with van der Waals surface area (Å²) < 4.78 is 0. The topological polar surface area (TPSA) is 78.6 Å². The minimum Gasteiger partial charge on any atom is -0.397 e. The van der Waals surface area contributed by atoms with Crippen LogP contribution in [0.2, 0.25) is 0 Å². The summed E-state index contributed by atoms with van der Waals surface area (Å²) in [7, 11) is 0. The van der Waals surface area contributed by atoms with Gasteiger partial charge in [0.05, 0.1) is 17.8 Å². The van der Waals surface area contributed by atoms with Gasteiger partial charge in [0.2, 0.25) is 5.91 Å². The Morgan fingerprint density at radius 1 is 1.47 bits per heavy atom. The molecule has 1 atom stereocenters. The van der Waals surface area contributed by atoms with Crippen molar-refractivity contribution >= 4 is 23.0 Å². The molecule has 2 heterocycles. The van der Waals surface area contributed by atoms with Gasteiger partial charge >= 0.3 is 0 Å². The Morgan fingerprint density at radius 3 is 3.11 bits per heavy atom. The molecule has 0 saturated carbocycles. The van der Waals surface area contributed by atoms with E-state index in [9.17, 15) is 9.90 Å². The van der Waals surface area contributed by atoms with E-state index in [1.165, 1.54) is 0 Å².